The van der Waals surface area contributed by atoms with Crippen molar-refractivity contribution in [3.05, 3.63) is 23.9 Å². The topological polar surface area (TPSA) is 34.5 Å². The van der Waals surface area contributed by atoms with E-state index in [1.165, 1.54) is 6.07 Å². The normalized spacial score (nSPS) is 20.3. The van der Waals surface area contributed by atoms with Gasteiger partial charge in [-0.25, -0.2) is 4.98 Å². The number of halogens is 3. The zero-order valence-corrected chi connectivity index (χ0v) is 8.94. The van der Waals surface area contributed by atoms with E-state index in [-0.39, 0.29) is 12.0 Å². The summed E-state index contributed by atoms with van der Waals surface area (Å²) >= 11 is 0. The number of aliphatic imine (C=N–C) groups is 1. The van der Waals surface area contributed by atoms with Crippen molar-refractivity contribution in [1.82, 2.24) is 4.98 Å². The highest BCUT2D eigenvalue weighted by Crippen LogP contribution is 2.29. The van der Waals surface area contributed by atoms with Gasteiger partial charge < -0.3 is 4.74 Å². The van der Waals surface area contributed by atoms with E-state index >= 15 is 0 Å². The van der Waals surface area contributed by atoms with Gasteiger partial charge in [0.1, 0.15) is 6.10 Å². The van der Waals surface area contributed by atoms with Gasteiger partial charge >= 0.3 is 6.18 Å². The first-order valence-electron chi connectivity index (χ1n) is 5.24. The van der Waals surface area contributed by atoms with Crippen molar-refractivity contribution in [3.63, 3.8) is 0 Å². The molecule has 0 bridgehead atoms. The lowest BCUT2D eigenvalue weighted by atomic mass is 10.1. The third-order valence-corrected chi connectivity index (χ3v) is 2.41. The summed E-state index contributed by atoms with van der Waals surface area (Å²) < 4.78 is 42.3. The molecule has 0 radical (unpaired) electrons. The maximum absolute atomic E-state index is 12.3. The number of alkyl halides is 3. The number of hydrogen-bond donors (Lipinski definition) is 0. The summed E-state index contributed by atoms with van der Waals surface area (Å²) in [4.78, 5) is 7.70. The molecule has 0 saturated carbocycles. The molecule has 1 aromatic heterocycles. The molecular weight excluding hydrogens is 233 g/mol. The Morgan fingerprint density at radius 2 is 2.12 bits per heavy atom. The maximum Gasteiger partial charge on any atom is 0.417 e. The zero-order valence-electron chi connectivity index (χ0n) is 8.94. The fraction of sp³-hybridized carbons (Fsp3) is 0.455. The fourth-order valence-corrected chi connectivity index (χ4v) is 1.52. The first-order chi connectivity index (χ1) is 8.05. The molecule has 92 valence electrons. The van der Waals surface area contributed by atoms with Crippen molar-refractivity contribution in [2.24, 2.45) is 4.99 Å². The van der Waals surface area contributed by atoms with E-state index in [4.69, 9.17) is 4.74 Å². The first kappa shape index (κ1) is 11.9. The predicted molar refractivity (Wildman–Crippen MR) is 56.2 cm³/mol. The van der Waals surface area contributed by atoms with E-state index in [1.807, 2.05) is 6.21 Å². The second-order valence-corrected chi connectivity index (χ2v) is 3.75. The van der Waals surface area contributed by atoms with E-state index in [2.05, 4.69) is 9.98 Å². The van der Waals surface area contributed by atoms with Crippen LogP contribution < -0.4 is 4.74 Å². The highest BCUT2D eigenvalue weighted by Gasteiger charge is 2.30. The van der Waals surface area contributed by atoms with Crippen molar-refractivity contribution >= 4 is 6.21 Å². The highest BCUT2D eigenvalue weighted by molar-refractivity contribution is 5.58. The van der Waals surface area contributed by atoms with E-state index in [0.717, 1.165) is 25.1 Å². The van der Waals surface area contributed by atoms with E-state index < -0.39 is 11.7 Å². The summed E-state index contributed by atoms with van der Waals surface area (Å²) in [6, 6.07) is 2.20. The van der Waals surface area contributed by atoms with Crippen LogP contribution in [-0.2, 0) is 6.18 Å². The zero-order chi connectivity index (χ0) is 12.3. The van der Waals surface area contributed by atoms with Crippen molar-refractivity contribution in [2.75, 3.05) is 6.54 Å². The summed E-state index contributed by atoms with van der Waals surface area (Å²) in [5, 5.41) is 0. The monoisotopic (exact) mass is 244 g/mol. The Balaban J connectivity index is 2.00. The van der Waals surface area contributed by atoms with Crippen LogP contribution in [0.25, 0.3) is 0 Å². The molecule has 0 spiro atoms. The van der Waals surface area contributed by atoms with Crippen LogP contribution in [0.3, 0.4) is 0 Å². The molecule has 6 heteroatoms. The third-order valence-electron chi connectivity index (χ3n) is 2.41. The van der Waals surface area contributed by atoms with Gasteiger partial charge in [0.05, 0.1) is 12.1 Å². The molecule has 0 aromatic carbocycles. The minimum absolute atomic E-state index is 0.0933. The van der Waals surface area contributed by atoms with Gasteiger partial charge in [-0.1, -0.05) is 0 Å². The molecule has 1 aliphatic rings. The summed E-state index contributed by atoms with van der Waals surface area (Å²) in [7, 11) is 0. The van der Waals surface area contributed by atoms with Crippen LogP contribution in [0.4, 0.5) is 13.2 Å². The lowest BCUT2D eigenvalue weighted by Crippen LogP contribution is -2.23. The van der Waals surface area contributed by atoms with Gasteiger partial charge in [0.25, 0.3) is 0 Å². The van der Waals surface area contributed by atoms with Crippen molar-refractivity contribution in [3.8, 4) is 5.88 Å². The predicted octanol–water partition coefficient (Wildman–Crippen LogP) is 2.71. The summed E-state index contributed by atoms with van der Waals surface area (Å²) in [6.45, 7) is 0.530. The third kappa shape index (κ3) is 3.18. The molecule has 0 amide bonds. The van der Waals surface area contributed by atoms with E-state index in [1.54, 1.807) is 0 Å². The molecule has 1 atom stereocenters. The number of hydrogen-bond acceptors (Lipinski definition) is 3. The second kappa shape index (κ2) is 4.73. The molecule has 3 nitrogen and oxygen atoms in total. The molecule has 0 aliphatic carbocycles. The minimum atomic E-state index is -4.36. The average molecular weight is 244 g/mol. The van der Waals surface area contributed by atoms with Crippen LogP contribution in [0, 0.1) is 0 Å². The van der Waals surface area contributed by atoms with Gasteiger partial charge in [-0.05, 0) is 25.1 Å². The van der Waals surface area contributed by atoms with Gasteiger partial charge in [-0.2, -0.15) is 13.2 Å². The number of aromatic nitrogens is 1. The van der Waals surface area contributed by atoms with Crippen LogP contribution in [0.5, 0.6) is 5.88 Å². The average Bonchev–Trinajstić information content (AvgIpc) is 2.30. The van der Waals surface area contributed by atoms with Gasteiger partial charge in [0, 0.05) is 12.3 Å². The minimum Gasteiger partial charge on any atom is -0.472 e. The number of ether oxygens (including phenoxy) is 1. The van der Waals surface area contributed by atoms with Crippen LogP contribution in [-0.4, -0.2) is 23.8 Å². The number of pyridine rings is 1. The highest BCUT2D eigenvalue weighted by atomic mass is 19.4. The molecule has 1 aliphatic heterocycles. The van der Waals surface area contributed by atoms with Gasteiger partial charge in [0.15, 0.2) is 0 Å². The van der Waals surface area contributed by atoms with Crippen LogP contribution in [0.1, 0.15) is 18.4 Å². The van der Waals surface area contributed by atoms with Crippen molar-refractivity contribution in [1.29, 1.82) is 0 Å². The first-order valence-corrected chi connectivity index (χ1v) is 5.24. The Morgan fingerprint density at radius 1 is 1.29 bits per heavy atom. The van der Waals surface area contributed by atoms with Gasteiger partial charge in [-0.15, -0.1) is 0 Å². The summed E-state index contributed by atoms with van der Waals surface area (Å²) in [5.41, 5.74) is -0.772. The fourth-order valence-electron chi connectivity index (χ4n) is 1.52. The van der Waals surface area contributed by atoms with Crippen molar-refractivity contribution < 1.29 is 17.9 Å². The number of nitrogens with zero attached hydrogens (tertiary/aromatic N) is 2. The Kier molecular flexibility index (Phi) is 3.31. The molecular formula is C11H11F3N2O. The van der Waals surface area contributed by atoms with E-state index in [0.29, 0.717) is 6.54 Å². The second-order valence-electron chi connectivity index (χ2n) is 3.75. The Morgan fingerprint density at radius 3 is 2.65 bits per heavy atom. The van der Waals surface area contributed by atoms with Crippen LogP contribution in [0.15, 0.2) is 23.3 Å². The molecule has 0 N–H and O–H groups in total. The smallest absolute Gasteiger partial charge is 0.417 e. The Labute approximate surface area is 96.3 Å². The Hall–Kier alpha value is -1.59. The summed E-state index contributed by atoms with van der Waals surface area (Å²) in [6.07, 6.45) is -0.219. The molecule has 17 heavy (non-hydrogen) atoms. The molecule has 2 rings (SSSR count). The van der Waals surface area contributed by atoms with Crippen LogP contribution in [0.2, 0.25) is 0 Å². The molecule has 2 heterocycles. The molecule has 0 saturated heterocycles. The maximum atomic E-state index is 12.3. The number of rotatable bonds is 2. The largest absolute Gasteiger partial charge is 0.472 e. The molecule has 1 unspecified atom stereocenters. The quantitative estimate of drug-likeness (QED) is 0.801. The molecule has 0 fully saturated rings. The van der Waals surface area contributed by atoms with E-state index in [9.17, 15) is 13.2 Å². The summed E-state index contributed by atoms with van der Waals surface area (Å²) in [5.74, 6) is 0.208. The molecule has 1 aromatic rings. The van der Waals surface area contributed by atoms with Crippen molar-refractivity contribution in [2.45, 2.75) is 25.1 Å². The van der Waals surface area contributed by atoms with Gasteiger partial charge in [0.2, 0.25) is 5.88 Å². The van der Waals surface area contributed by atoms with Gasteiger partial charge in [-0.3, -0.25) is 4.99 Å². The standard InChI is InChI=1S/C11H11F3N2O/c12-11(13,14)8-3-4-10(16-6-8)17-9-2-1-5-15-7-9/h3-6,9H,1-2,7H2. The van der Waals surface area contributed by atoms with Crippen LogP contribution >= 0.6 is 0 Å². The Bertz CT molecular complexity index is 400. The SMILES string of the molecule is FC(F)(F)c1ccc(OC2CCC=NC2)nc1. The lowest BCUT2D eigenvalue weighted by molar-refractivity contribution is -0.137. The lowest BCUT2D eigenvalue weighted by Gasteiger charge is -2.18.